The molecule has 18 heteroatoms. The summed E-state index contributed by atoms with van der Waals surface area (Å²) in [5, 5.41) is 0. The lowest BCUT2D eigenvalue weighted by Gasteiger charge is -2.60. The quantitative estimate of drug-likeness (QED) is 0.136. The third-order valence-corrected chi connectivity index (χ3v) is 11.9. The normalized spacial score (nSPS) is 25.6. The highest BCUT2D eigenvalue weighted by molar-refractivity contribution is 14.1. The van der Waals surface area contributed by atoms with Gasteiger partial charge in [-0.25, -0.2) is 17.9 Å². The average Bonchev–Trinajstić information content (AvgIpc) is 2.92. The van der Waals surface area contributed by atoms with Crippen molar-refractivity contribution in [2.45, 2.75) is 60.3 Å². The maximum atomic E-state index is 13.5. The molecule has 4 aliphatic rings. The Morgan fingerprint density at radius 1 is 0.957 bits per heavy atom. The number of carbonyl (C=O) groups is 2. The van der Waals surface area contributed by atoms with Crippen LogP contribution in [-0.2, 0) is 39.2 Å². The van der Waals surface area contributed by atoms with Crippen LogP contribution < -0.4 is 14.2 Å². The molecule has 4 fully saturated rings. The zero-order valence-corrected chi connectivity index (χ0v) is 27.7. The third-order valence-electron chi connectivity index (χ3n) is 8.38. The zero-order valence-electron chi connectivity index (χ0n) is 23.9. The van der Waals surface area contributed by atoms with Gasteiger partial charge in [0.15, 0.2) is 6.61 Å². The maximum absolute atomic E-state index is 13.5. The zero-order chi connectivity index (χ0) is 33.5. The second-order valence-electron chi connectivity index (χ2n) is 11.8. The molecule has 0 aromatic heterocycles. The Labute approximate surface area is 276 Å². The lowest BCUT2D eigenvalue weighted by Crippen LogP contribution is -2.61. The van der Waals surface area contributed by atoms with Crippen molar-refractivity contribution in [3.8, 4) is 11.5 Å². The minimum Gasteiger partial charge on any atom is -0.482 e. The van der Waals surface area contributed by atoms with E-state index in [0.717, 1.165) is 36.8 Å². The van der Waals surface area contributed by atoms with E-state index in [0.29, 0.717) is 25.7 Å². The van der Waals surface area contributed by atoms with Crippen molar-refractivity contribution in [3.63, 3.8) is 0 Å². The molecular weight excluding hydrogens is 774 g/mol. The number of rotatable bonds is 12. The summed E-state index contributed by atoms with van der Waals surface area (Å²) in [5.41, 5.74) is -1.72. The summed E-state index contributed by atoms with van der Waals surface area (Å²) in [6, 6.07) is 7.32. The molecule has 2 unspecified atom stereocenters. The standard InChI is InChI=1S/C28H29F3INO11S2/c29-28(30,31)44-19-1-4-21(5-2-19)45(36,37)33-25(35)26-11-17-9-18(12-26)14-27(13-17,16-26)43-8-7-41-24(34)15-42-20-3-6-23(22(32)10-20)46(38,39)40/h1-6,10,17-18H,7-9,11-16H2,(H,33,35)(H,38,39,40). The number of sulfonamides is 1. The number of nitrogens with one attached hydrogen (secondary N) is 1. The molecule has 46 heavy (non-hydrogen) atoms. The number of hydrogen-bond acceptors (Lipinski definition) is 10. The van der Waals surface area contributed by atoms with Crippen molar-refractivity contribution in [2.24, 2.45) is 17.3 Å². The number of hydrogen-bond donors (Lipinski definition) is 2. The Hall–Kier alpha value is -2.68. The van der Waals surface area contributed by atoms with Crippen molar-refractivity contribution in [3.05, 3.63) is 46.0 Å². The van der Waals surface area contributed by atoms with Crippen LogP contribution in [0, 0.1) is 20.8 Å². The van der Waals surface area contributed by atoms with E-state index < -0.39 is 61.8 Å². The molecule has 6 rings (SSSR count). The Morgan fingerprint density at radius 3 is 2.17 bits per heavy atom. The van der Waals surface area contributed by atoms with Gasteiger partial charge in [-0.2, -0.15) is 8.42 Å². The van der Waals surface area contributed by atoms with Crippen molar-refractivity contribution in [1.82, 2.24) is 4.72 Å². The highest BCUT2D eigenvalue weighted by Gasteiger charge is 2.61. The van der Waals surface area contributed by atoms with Gasteiger partial charge in [0.25, 0.3) is 20.1 Å². The predicted octanol–water partition coefficient (Wildman–Crippen LogP) is 4.22. The molecule has 0 heterocycles. The van der Waals surface area contributed by atoms with Crippen LogP contribution in [0.3, 0.4) is 0 Å². The lowest BCUT2D eigenvalue weighted by atomic mass is 9.47. The van der Waals surface area contributed by atoms with E-state index >= 15 is 0 Å². The van der Waals surface area contributed by atoms with Gasteiger partial charge in [0.2, 0.25) is 5.91 Å². The molecule has 0 spiro atoms. The Kier molecular flexibility index (Phi) is 9.59. The van der Waals surface area contributed by atoms with Crippen LogP contribution in [0.25, 0.3) is 0 Å². The van der Waals surface area contributed by atoms with Gasteiger partial charge in [0.05, 0.1) is 22.5 Å². The number of benzene rings is 2. The van der Waals surface area contributed by atoms with Crippen LogP contribution in [0.15, 0.2) is 52.3 Å². The third kappa shape index (κ3) is 8.06. The first-order valence-corrected chi connectivity index (χ1v) is 18.0. The summed E-state index contributed by atoms with van der Waals surface area (Å²) < 4.78 is 118. The van der Waals surface area contributed by atoms with Crippen LogP contribution >= 0.6 is 22.6 Å². The second-order valence-corrected chi connectivity index (χ2v) is 16.0. The average molecular weight is 804 g/mol. The summed E-state index contributed by atoms with van der Waals surface area (Å²) in [4.78, 5) is 25.1. The van der Waals surface area contributed by atoms with Crippen molar-refractivity contribution >= 4 is 54.6 Å². The monoisotopic (exact) mass is 803 g/mol. The van der Waals surface area contributed by atoms with Crippen LogP contribution in [-0.4, -0.2) is 65.0 Å². The molecule has 1 amide bonds. The minimum absolute atomic E-state index is 0.0223. The fourth-order valence-electron chi connectivity index (χ4n) is 7.10. The molecule has 2 aromatic rings. The summed E-state index contributed by atoms with van der Waals surface area (Å²) in [5.74, 6) is -1.55. The maximum Gasteiger partial charge on any atom is 0.573 e. The first kappa shape index (κ1) is 34.6. The minimum atomic E-state index is -4.94. The number of esters is 1. The van der Waals surface area contributed by atoms with E-state index in [1.165, 1.54) is 12.1 Å². The van der Waals surface area contributed by atoms with E-state index in [1.807, 2.05) is 0 Å². The summed E-state index contributed by atoms with van der Waals surface area (Å²) >= 11 is 1.71. The fourth-order valence-corrected chi connectivity index (χ4v) is 10.0. The molecule has 252 valence electrons. The van der Waals surface area contributed by atoms with Gasteiger partial charge in [-0.1, -0.05) is 0 Å². The lowest BCUT2D eigenvalue weighted by molar-refractivity contribution is -0.274. The van der Waals surface area contributed by atoms with E-state index in [2.05, 4.69) is 9.46 Å². The molecule has 0 saturated heterocycles. The van der Waals surface area contributed by atoms with Gasteiger partial charge < -0.3 is 18.9 Å². The van der Waals surface area contributed by atoms with Crippen molar-refractivity contribution in [2.75, 3.05) is 19.8 Å². The first-order valence-electron chi connectivity index (χ1n) is 14.0. The molecule has 2 atom stereocenters. The van der Waals surface area contributed by atoms with Crippen LogP contribution in [0.5, 0.6) is 11.5 Å². The Balaban J connectivity index is 1.14. The van der Waals surface area contributed by atoms with Gasteiger partial charge in [0, 0.05) is 3.57 Å². The number of halogens is 4. The number of ether oxygens (including phenoxy) is 4. The summed E-state index contributed by atoms with van der Waals surface area (Å²) in [6.07, 6.45) is -1.50. The van der Waals surface area contributed by atoms with Gasteiger partial charge in [0.1, 0.15) is 23.0 Å². The van der Waals surface area contributed by atoms with Crippen molar-refractivity contribution in [1.29, 1.82) is 0 Å². The molecule has 4 bridgehead atoms. The molecule has 0 aliphatic heterocycles. The largest absolute Gasteiger partial charge is 0.573 e. The molecule has 4 aliphatic carbocycles. The molecular formula is C28H29F3INO11S2. The number of alkyl halides is 3. The van der Waals surface area contributed by atoms with E-state index in [1.54, 1.807) is 22.6 Å². The predicted molar refractivity (Wildman–Crippen MR) is 160 cm³/mol. The smallest absolute Gasteiger partial charge is 0.482 e. The van der Waals surface area contributed by atoms with E-state index in [9.17, 15) is 44.1 Å². The molecule has 2 N–H and O–H groups in total. The molecule has 2 aromatic carbocycles. The van der Waals surface area contributed by atoms with Crippen LogP contribution in [0.4, 0.5) is 13.2 Å². The fraction of sp³-hybridized carbons (Fsp3) is 0.500. The van der Waals surface area contributed by atoms with E-state index in [-0.39, 0.29) is 50.6 Å². The SMILES string of the molecule is O=C(COc1ccc(S(=O)(=O)O)c(I)c1)OCCOC12CC3CC(C1)CC(C(=O)NS(=O)(=O)c1ccc(OC(F)(F)F)cc1)(C3)C2. The number of amides is 1. The Morgan fingerprint density at radius 2 is 1.59 bits per heavy atom. The van der Waals surface area contributed by atoms with Crippen LogP contribution in [0.1, 0.15) is 38.5 Å². The van der Waals surface area contributed by atoms with Gasteiger partial charge in [-0.3, -0.25) is 9.35 Å². The van der Waals surface area contributed by atoms with E-state index in [4.69, 9.17) is 14.2 Å². The summed E-state index contributed by atoms with van der Waals surface area (Å²) in [6.45, 7) is -0.555. The van der Waals surface area contributed by atoms with Gasteiger partial charge in [-0.05, 0) is 115 Å². The molecule has 4 saturated carbocycles. The second kappa shape index (κ2) is 12.7. The summed E-state index contributed by atoms with van der Waals surface area (Å²) in [7, 11) is -8.78. The van der Waals surface area contributed by atoms with Crippen LogP contribution in [0.2, 0.25) is 0 Å². The highest BCUT2D eigenvalue weighted by Crippen LogP contribution is 2.63. The number of carbonyl (C=O) groups excluding carboxylic acids is 2. The first-order chi connectivity index (χ1) is 21.4. The topological polar surface area (TPSA) is 172 Å². The molecule has 12 nitrogen and oxygen atoms in total. The highest BCUT2D eigenvalue weighted by atomic mass is 127. The van der Waals surface area contributed by atoms with Gasteiger partial charge >= 0.3 is 12.3 Å². The molecule has 0 radical (unpaired) electrons. The van der Waals surface area contributed by atoms with Crippen molar-refractivity contribution < 1.29 is 63.1 Å². The Bertz CT molecular complexity index is 1700. The van der Waals surface area contributed by atoms with Gasteiger partial charge in [-0.15, -0.1) is 13.2 Å².